The Morgan fingerprint density at radius 1 is 1.21 bits per heavy atom. The number of unbranched alkanes of at least 4 members (excludes halogenated alkanes) is 3. The number of aliphatic carboxylic acids is 1. The summed E-state index contributed by atoms with van der Waals surface area (Å²) in [6.07, 6.45) is 13.4. The highest BCUT2D eigenvalue weighted by molar-refractivity contribution is 6.21. The Kier molecular flexibility index (Phi) is 12.9. The van der Waals surface area contributed by atoms with Gasteiger partial charge < -0.3 is 10.2 Å². The van der Waals surface area contributed by atoms with Crippen molar-refractivity contribution in [3.63, 3.8) is 0 Å². The molecular weight excluding hydrogens is 372 g/mol. The minimum absolute atomic E-state index is 0.282. The van der Waals surface area contributed by atoms with Crippen molar-refractivity contribution >= 4 is 17.6 Å². The summed E-state index contributed by atoms with van der Waals surface area (Å²) in [6.45, 7) is 4.12. The highest BCUT2D eigenvalue weighted by atomic mass is 35.5. The smallest absolute Gasteiger partial charge is 0.303 e. The summed E-state index contributed by atoms with van der Waals surface area (Å²) in [5.74, 6) is -0.201. The van der Waals surface area contributed by atoms with Gasteiger partial charge in [-0.3, -0.25) is 4.79 Å². The zero-order chi connectivity index (χ0) is 20.8. The number of hydrogen-bond acceptors (Lipinski definition) is 2. The van der Waals surface area contributed by atoms with E-state index >= 15 is 0 Å². The Morgan fingerprint density at radius 3 is 2.46 bits per heavy atom. The van der Waals surface area contributed by atoms with Crippen molar-refractivity contribution in [2.24, 2.45) is 0 Å². The number of carbonyl (C=O) groups is 1. The SMILES string of the molecule is C/C=C\CCCC(=O)O.CCCCCC(O)c1ccc(C2CCCC2Cl)cc1. The first kappa shape index (κ1) is 24.7. The van der Waals surface area contributed by atoms with Gasteiger partial charge in [0.15, 0.2) is 0 Å². The van der Waals surface area contributed by atoms with E-state index in [9.17, 15) is 9.90 Å². The molecule has 2 rings (SSSR count). The Balaban J connectivity index is 0.000000370. The largest absolute Gasteiger partial charge is 0.481 e. The maximum Gasteiger partial charge on any atom is 0.303 e. The van der Waals surface area contributed by atoms with Crippen molar-refractivity contribution in [3.8, 4) is 0 Å². The molecule has 1 fully saturated rings. The third-order valence-corrected chi connectivity index (χ3v) is 5.78. The highest BCUT2D eigenvalue weighted by Gasteiger charge is 2.26. The molecule has 0 bridgehead atoms. The van der Waals surface area contributed by atoms with Crippen LogP contribution in [0.5, 0.6) is 0 Å². The molecule has 1 aliphatic rings. The number of carboxylic acid groups (broad SMARTS) is 1. The van der Waals surface area contributed by atoms with Crippen LogP contribution in [0.1, 0.15) is 101 Å². The molecule has 1 saturated carbocycles. The number of aliphatic hydroxyl groups is 1. The van der Waals surface area contributed by atoms with Gasteiger partial charge in [0.1, 0.15) is 0 Å². The Morgan fingerprint density at radius 2 is 1.93 bits per heavy atom. The monoisotopic (exact) mass is 408 g/mol. The van der Waals surface area contributed by atoms with Gasteiger partial charge in [-0.05, 0) is 50.2 Å². The Bertz CT molecular complexity index is 568. The number of rotatable bonds is 10. The van der Waals surface area contributed by atoms with E-state index in [1.165, 1.54) is 31.2 Å². The van der Waals surface area contributed by atoms with Crippen LogP contribution < -0.4 is 0 Å². The quantitative estimate of drug-likeness (QED) is 0.249. The average molecular weight is 409 g/mol. The van der Waals surface area contributed by atoms with E-state index in [0.29, 0.717) is 11.3 Å². The van der Waals surface area contributed by atoms with Crippen molar-refractivity contribution in [2.45, 2.75) is 95.5 Å². The fourth-order valence-electron chi connectivity index (χ4n) is 3.55. The molecule has 1 aromatic rings. The van der Waals surface area contributed by atoms with Gasteiger partial charge in [-0.15, -0.1) is 11.6 Å². The van der Waals surface area contributed by atoms with E-state index in [-0.39, 0.29) is 12.5 Å². The molecule has 0 saturated heterocycles. The van der Waals surface area contributed by atoms with Crippen LogP contribution in [0.3, 0.4) is 0 Å². The molecule has 1 aromatic carbocycles. The molecule has 0 heterocycles. The second-order valence-electron chi connectivity index (χ2n) is 7.59. The van der Waals surface area contributed by atoms with Gasteiger partial charge in [-0.25, -0.2) is 0 Å². The first-order valence-electron chi connectivity index (χ1n) is 10.7. The zero-order valence-corrected chi connectivity index (χ0v) is 18.2. The molecule has 0 aromatic heterocycles. The molecule has 3 unspecified atom stereocenters. The fourth-order valence-corrected chi connectivity index (χ4v) is 3.97. The third-order valence-electron chi connectivity index (χ3n) is 5.26. The van der Waals surface area contributed by atoms with E-state index in [1.54, 1.807) is 0 Å². The lowest BCUT2D eigenvalue weighted by molar-refractivity contribution is -0.137. The topological polar surface area (TPSA) is 57.5 Å². The average Bonchev–Trinajstić information content (AvgIpc) is 3.12. The van der Waals surface area contributed by atoms with Crippen LogP contribution >= 0.6 is 11.6 Å². The van der Waals surface area contributed by atoms with Gasteiger partial charge in [0.2, 0.25) is 0 Å². The number of alkyl halides is 1. The van der Waals surface area contributed by atoms with Gasteiger partial charge in [0.05, 0.1) is 6.10 Å². The number of halogens is 1. The van der Waals surface area contributed by atoms with Crippen LogP contribution in [0.15, 0.2) is 36.4 Å². The molecule has 0 spiro atoms. The molecule has 0 radical (unpaired) electrons. The summed E-state index contributed by atoms with van der Waals surface area (Å²) in [5.41, 5.74) is 2.38. The van der Waals surface area contributed by atoms with Crippen LogP contribution in [0.25, 0.3) is 0 Å². The number of allylic oxidation sites excluding steroid dienone is 2. The normalized spacial score (nSPS) is 20.0. The summed E-state index contributed by atoms with van der Waals surface area (Å²) in [5, 5.41) is 18.6. The molecule has 3 nitrogen and oxygen atoms in total. The van der Waals surface area contributed by atoms with Crippen LogP contribution in [0.2, 0.25) is 0 Å². The maximum absolute atomic E-state index is 10.1. The van der Waals surface area contributed by atoms with E-state index in [1.807, 2.05) is 19.1 Å². The standard InChI is InChI=1S/C17H25ClO.C7H12O2/c1-2-3-4-8-17(19)14-11-9-13(10-12-14)15-6-5-7-16(15)18;1-2-3-4-5-6-7(8)9/h9-12,15-17,19H,2-8H2,1H3;2-3H,4-6H2,1H3,(H,8,9)/b;3-2-. The van der Waals surface area contributed by atoms with E-state index in [4.69, 9.17) is 16.7 Å². The molecule has 0 aliphatic heterocycles. The van der Waals surface area contributed by atoms with Crippen LogP contribution in [-0.4, -0.2) is 21.6 Å². The van der Waals surface area contributed by atoms with Gasteiger partial charge >= 0.3 is 5.97 Å². The molecule has 158 valence electrons. The fraction of sp³-hybridized carbons (Fsp3) is 0.625. The van der Waals surface area contributed by atoms with Crippen molar-refractivity contribution < 1.29 is 15.0 Å². The minimum Gasteiger partial charge on any atom is -0.481 e. The molecule has 0 amide bonds. The van der Waals surface area contributed by atoms with Crippen molar-refractivity contribution in [1.82, 2.24) is 0 Å². The first-order valence-corrected chi connectivity index (χ1v) is 11.2. The Hall–Kier alpha value is -1.32. The number of benzene rings is 1. The lowest BCUT2D eigenvalue weighted by atomic mass is 9.94. The first-order chi connectivity index (χ1) is 13.5. The summed E-state index contributed by atoms with van der Waals surface area (Å²) < 4.78 is 0. The van der Waals surface area contributed by atoms with E-state index in [0.717, 1.165) is 37.7 Å². The molecule has 2 N–H and O–H groups in total. The van der Waals surface area contributed by atoms with Crippen LogP contribution in [0.4, 0.5) is 0 Å². The Labute approximate surface area is 175 Å². The lowest BCUT2D eigenvalue weighted by Gasteiger charge is -2.16. The van der Waals surface area contributed by atoms with Crippen molar-refractivity contribution in [3.05, 3.63) is 47.5 Å². The molecule has 4 heteroatoms. The van der Waals surface area contributed by atoms with Gasteiger partial charge in [-0.2, -0.15) is 0 Å². The van der Waals surface area contributed by atoms with Crippen molar-refractivity contribution in [2.75, 3.05) is 0 Å². The predicted molar refractivity (Wildman–Crippen MR) is 118 cm³/mol. The second-order valence-corrected chi connectivity index (χ2v) is 8.15. The summed E-state index contributed by atoms with van der Waals surface area (Å²) >= 11 is 6.35. The lowest BCUT2D eigenvalue weighted by Crippen LogP contribution is -2.05. The number of hydrogen-bond donors (Lipinski definition) is 2. The third kappa shape index (κ3) is 9.75. The second kappa shape index (κ2) is 14.6. The molecular formula is C24H37ClO3. The van der Waals surface area contributed by atoms with Gasteiger partial charge in [-0.1, -0.05) is 69.0 Å². The molecule has 28 heavy (non-hydrogen) atoms. The molecule has 3 atom stereocenters. The number of carboxylic acids is 1. The summed E-state index contributed by atoms with van der Waals surface area (Å²) in [6, 6.07) is 8.47. The van der Waals surface area contributed by atoms with Crippen LogP contribution in [-0.2, 0) is 4.79 Å². The predicted octanol–water partition coefficient (Wildman–Crippen LogP) is 6.99. The van der Waals surface area contributed by atoms with Crippen molar-refractivity contribution in [1.29, 1.82) is 0 Å². The van der Waals surface area contributed by atoms with Gasteiger partial charge in [0.25, 0.3) is 0 Å². The zero-order valence-electron chi connectivity index (χ0n) is 17.4. The van der Waals surface area contributed by atoms with E-state index < -0.39 is 5.97 Å². The van der Waals surface area contributed by atoms with Crippen LogP contribution in [0, 0.1) is 0 Å². The summed E-state index contributed by atoms with van der Waals surface area (Å²) in [7, 11) is 0. The highest BCUT2D eigenvalue weighted by Crippen LogP contribution is 2.38. The minimum atomic E-state index is -0.709. The van der Waals surface area contributed by atoms with Gasteiger partial charge in [0, 0.05) is 17.7 Å². The van der Waals surface area contributed by atoms with E-state index in [2.05, 4.69) is 31.2 Å². The maximum atomic E-state index is 10.1. The molecule has 1 aliphatic carbocycles. The number of aliphatic hydroxyl groups excluding tert-OH is 1. The summed E-state index contributed by atoms with van der Waals surface area (Å²) in [4.78, 5) is 9.94.